The lowest BCUT2D eigenvalue weighted by atomic mass is 10.2. The highest BCUT2D eigenvalue weighted by atomic mass is 16.5. The molecule has 0 aliphatic rings. The Bertz CT molecular complexity index is 641. The minimum Gasteiger partial charge on any atom is -0.497 e. The maximum Gasteiger partial charge on any atom is 0.321 e. The zero-order valence-electron chi connectivity index (χ0n) is 13.6. The molecule has 7 heteroatoms. The number of amides is 2. The Morgan fingerprint density at radius 2 is 2.26 bits per heavy atom. The van der Waals surface area contributed by atoms with Crippen LogP contribution >= 0.6 is 0 Å². The second kappa shape index (κ2) is 7.64. The van der Waals surface area contributed by atoms with Crippen molar-refractivity contribution in [1.29, 1.82) is 0 Å². The van der Waals surface area contributed by atoms with Gasteiger partial charge in [-0.25, -0.2) is 9.48 Å². The fourth-order valence-electron chi connectivity index (χ4n) is 2.03. The molecule has 2 aromatic rings. The Labute approximate surface area is 135 Å². The summed E-state index contributed by atoms with van der Waals surface area (Å²) in [6.07, 6.45) is 3.59. The quantitative estimate of drug-likeness (QED) is 0.855. The second-order valence-corrected chi connectivity index (χ2v) is 5.36. The highest BCUT2D eigenvalue weighted by Crippen LogP contribution is 2.23. The van der Waals surface area contributed by atoms with E-state index in [-0.39, 0.29) is 6.03 Å². The first-order valence-electron chi connectivity index (χ1n) is 7.39. The average molecular weight is 318 g/mol. The molecule has 23 heavy (non-hydrogen) atoms. The van der Waals surface area contributed by atoms with Crippen molar-refractivity contribution in [3.8, 4) is 11.4 Å². The number of aliphatic hydroxyl groups is 1. The van der Waals surface area contributed by atoms with Gasteiger partial charge in [-0.3, -0.25) is 0 Å². The average Bonchev–Trinajstić information content (AvgIpc) is 3.06. The van der Waals surface area contributed by atoms with Gasteiger partial charge < -0.3 is 20.1 Å². The van der Waals surface area contributed by atoms with E-state index in [1.807, 2.05) is 24.4 Å². The standard InChI is InChI=1S/C16H22N4O3/c1-12(21)5-8-19(2)16(22)18-13-9-14(11-15(10-13)23-3)20-7-4-6-17-20/h4,6-7,9-12,21H,5,8H2,1-3H3,(H,18,22). The number of benzene rings is 1. The maximum atomic E-state index is 12.2. The van der Waals surface area contributed by atoms with Crippen molar-refractivity contribution >= 4 is 11.7 Å². The van der Waals surface area contributed by atoms with Crippen molar-refractivity contribution in [2.45, 2.75) is 19.4 Å². The van der Waals surface area contributed by atoms with Crippen molar-refractivity contribution in [3.05, 3.63) is 36.7 Å². The van der Waals surface area contributed by atoms with E-state index in [1.54, 1.807) is 38.0 Å². The summed E-state index contributed by atoms with van der Waals surface area (Å²) in [6, 6.07) is 6.97. The fourth-order valence-corrected chi connectivity index (χ4v) is 2.03. The summed E-state index contributed by atoms with van der Waals surface area (Å²) in [7, 11) is 3.26. The molecule has 1 unspecified atom stereocenters. The van der Waals surface area contributed by atoms with Gasteiger partial charge in [0.15, 0.2) is 0 Å². The Morgan fingerprint density at radius 1 is 1.48 bits per heavy atom. The third-order valence-electron chi connectivity index (χ3n) is 3.38. The monoisotopic (exact) mass is 318 g/mol. The lowest BCUT2D eigenvalue weighted by Crippen LogP contribution is -2.33. The van der Waals surface area contributed by atoms with Crippen LogP contribution < -0.4 is 10.1 Å². The molecule has 1 aromatic carbocycles. The van der Waals surface area contributed by atoms with Crippen LogP contribution in [0.25, 0.3) is 5.69 Å². The van der Waals surface area contributed by atoms with E-state index in [0.717, 1.165) is 5.69 Å². The summed E-state index contributed by atoms with van der Waals surface area (Å²) in [5.41, 5.74) is 1.40. The lowest BCUT2D eigenvalue weighted by Gasteiger charge is -2.19. The summed E-state index contributed by atoms with van der Waals surface area (Å²) >= 11 is 0. The van der Waals surface area contributed by atoms with Crippen molar-refractivity contribution in [1.82, 2.24) is 14.7 Å². The predicted octanol–water partition coefficient (Wildman–Crippen LogP) is 2.12. The highest BCUT2D eigenvalue weighted by molar-refractivity contribution is 5.89. The lowest BCUT2D eigenvalue weighted by molar-refractivity contribution is 0.167. The number of rotatable bonds is 6. The number of ether oxygens (including phenoxy) is 1. The Morgan fingerprint density at radius 3 is 2.87 bits per heavy atom. The maximum absolute atomic E-state index is 12.2. The Hall–Kier alpha value is -2.54. The molecule has 124 valence electrons. The topological polar surface area (TPSA) is 79.6 Å². The first-order valence-corrected chi connectivity index (χ1v) is 7.39. The molecule has 0 fully saturated rings. The number of carbonyl (C=O) groups excluding carboxylic acids is 1. The highest BCUT2D eigenvalue weighted by Gasteiger charge is 2.11. The molecule has 0 saturated heterocycles. The molecule has 2 rings (SSSR count). The van der Waals surface area contributed by atoms with E-state index in [2.05, 4.69) is 10.4 Å². The third kappa shape index (κ3) is 4.72. The first kappa shape index (κ1) is 16.8. The molecule has 0 aliphatic carbocycles. The molecule has 1 heterocycles. The van der Waals surface area contributed by atoms with Crippen molar-refractivity contribution in [2.75, 3.05) is 26.0 Å². The first-order chi connectivity index (χ1) is 11.0. The number of hydrogen-bond donors (Lipinski definition) is 2. The molecule has 2 N–H and O–H groups in total. The van der Waals surface area contributed by atoms with Crippen LogP contribution in [-0.2, 0) is 0 Å². The van der Waals surface area contributed by atoms with E-state index >= 15 is 0 Å². The minimum atomic E-state index is -0.437. The van der Waals surface area contributed by atoms with Gasteiger partial charge in [0, 0.05) is 43.8 Å². The van der Waals surface area contributed by atoms with Crippen LogP contribution in [-0.4, -0.2) is 52.6 Å². The molecule has 0 bridgehead atoms. The van der Waals surface area contributed by atoms with Gasteiger partial charge in [-0.15, -0.1) is 0 Å². The van der Waals surface area contributed by atoms with E-state index in [4.69, 9.17) is 4.74 Å². The normalized spacial score (nSPS) is 11.8. The summed E-state index contributed by atoms with van der Waals surface area (Å²) in [6.45, 7) is 2.17. The van der Waals surface area contributed by atoms with Crippen LogP contribution in [0.3, 0.4) is 0 Å². The Balaban J connectivity index is 2.13. The van der Waals surface area contributed by atoms with Crippen LogP contribution in [0.4, 0.5) is 10.5 Å². The molecule has 2 amide bonds. The number of aromatic nitrogens is 2. The molecular weight excluding hydrogens is 296 g/mol. The number of hydrogen-bond acceptors (Lipinski definition) is 4. The van der Waals surface area contributed by atoms with Crippen LogP contribution in [0.5, 0.6) is 5.75 Å². The minimum absolute atomic E-state index is 0.245. The molecule has 0 spiro atoms. The van der Waals surface area contributed by atoms with Gasteiger partial charge in [0.25, 0.3) is 0 Å². The molecule has 0 aliphatic heterocycles. The molecule has 1 atom stereocenters. The number of nitrogens with one attached hydrogen (secondary N) is 1. The fraction of sp³-hybridized carbons (Fsp3) is 0.375. The summed E-state index contributed by atoms with van der Waals surface area (Å²) in [4.78, 5) is 13.7. The molecular formula is C16H22N4O3. The van der Waals surface area contributed by atoms with Gasteiger partial charge >= 0.3 is 6.03 Å². The summed E-state index contributed by atoms with van der Waals surface area (Å²) < 4.78 is 6.97. The van der Waals surface area contributed by atoms with E-state index in [0.29, 0.717) is 24.4 Å². The van der Waals surface area contributed by atoms with Gasteiger partial charge in [0.2, 0.25) is 0 Å². The zero-order chi connectivity index (χ0) is 16.8. The molecule has 0 saturated carbocycles. The second-order valence-electron chi connectivity index (χ2n) is 5.36. The van der Waals surface area contributed by atoms with Crippen LogP contribution in [0, 0.1) is 0 Å². The molecule has 7 nitrogen and oxygen atoms in total. The van der Waals surface area contributed by atoms with Gasteiger partial charge in [-0.2, -0.15) is 5.10 Å². The van der Waals surface area contributed by atoms with Gasteiger partial charge in [-0.05, 0) is 25.5 Å². The molecule has 0 radical (unpaired) electrons. The van der Waals surface area contributed by atoms with Crippen LogP contribution in [0.15, 0.2) is 36.7 Å². The van der Waals surface area contributed by atoms with Crippen molar-refractivity contribution in [3.63, 3.8) is 0 Å². The third-order valence-corrected chi connectivity index (χ3v) is 3.38. The van der Waals surface area contributed by atoms with Crippen LogP contribution in [0.2, 0.25) is 0 Å². The SMILES string of the molecule is COc1cc(NC(=O)N(C)CCC(C)O)cc(-n2cccn2)c1. The van der Waals surface area contributed by atoms with E-state index in [1.165, 1.54) is 4.90 Å². The number of methoxy groups -OCH3 is 1. The number of anilines is 1. The smallest absolute Gasteiger partial charge is 0.321 e. The van der Waals surface area contributed by atoms with Crippen LogP contribution in [0.1, 0.15) is 13.3 Å². The summed E-state index contributed by atoms with van der Waals surface area (Å²) in [5.74, 6) is 0.625. The van der Waals surface area contributed by atoms with Gasteiger partial charge in [0.05, 0.1) is 18.9 Å². The zero-order valence-corrected chi connectivity index (χ0v) is 13.6. The Kier molecular flexibility index (Phi) is 5.59. The van der Waals surface area contributed by atoms with Crippen molar-refractivity contribution in [2.24, 2.45) is 0 Å². The number of urea groups is 1. The van der Waals surface area contributed by atoms with E-state index < -0.39 is 6.10 Å². The van der Waals surface area contributed by atoms with Crippen molar-refractivity contribution < 1.29 is 14.6 Å². The number of aliphatic hydroxyl groups excluding tert-OH is 1. The summed E-state index contributed by atoms with van der Waals surface area (Å²) in [5, 5.41) is 16.3. The predicted molar refractivity (Wildman–Crippen MR) is 88.1 cm³/mol. The largest absolute Gasteiger partial charge is 0.497 e. The van der Waals surface area contributed by atoms with Gasteiger partial charge in [-0.1, -0.05) is 0 Å². The number of nitrogens with zero attached hydrogens (tertiary/aromatic N) is 3. The number of carbonyl (C=O) groups is 1. The van der Waals surface area contributed by atoms with Gasteiger partial charge in [0.1, 0.15) is 5.75 Å². The van der Waals surface area contributed by atoms with E-state index in [9.17, 15) is 9.90 Å². The molecule has 1 aromatic heterocycles.